The van der Waals surface area contributed by atoms with E-state index in [2.05, 4.69) is 37.5 Å². The Morgan fingerprint density at radius 2 is 2.18 bits per heavy atom. The zero-order valence-corrected chi connectivity index (χ0v) is 12.0. The highest BCUT2D eigenvalue weighted by Gasteiger charge is 2.14. The van der Waals surface area contributed by atoms with Gasteiger partial charge in [-0.2, -0.15) is 0 Å². The van der Waals surface area contributed by atoms with Gasteiger partial charge in [-0.1, -0.05) is 6.07 Å². The SMILES string of the molecule is COCC(CNC(C)(C)C)OCc1cccs1. The highest BCUT2D eigenvalue weighted by molar-refractivity contribution is 7.09. The Bertz CT molecular complexity index is 293. The van der Waals surface area contributed by atoms with Crippen molar-refractivity contribution in [2.24, 2.45) is 0 Å². The molecule has 0 amide bonds. The van der Waals surface area contributed by atoms with Crippen LogP contribution in [0.5, 0.6) is 0 Å². The average Bonchev–Trinajstić information content (AvgIpc) is 2.74. The maximum absolute atomic E-state index is 5.85. The van der Waals surface area contributed by atoms with Crippen LogP contribution in [0.4, 0.5) is 0 Å². The molecule has 1 N–H and O–H groups in total. The van der Waals surface area contributed by atoms with Gasteiger partial charge >= 0.3 is 0 Å². The van der Waals surface area contributed by atoms with E-state index in [-0.39, 0.29) is 11.6 Å². The van der Waals surface area contributed by atoms with Crippen molar-refractivity contribution in [3.05, 3.63) is 22.4 Å². The Labute approximate surface area is 108 Å². The topological polar surface area (TPSA) is 30.5 Å². The number of methoxy groups -OCH3 is 1. The summed E-state index contributed by atoms with van der Waals surface area (Å²) in [6, 6.07) is 4.13. The third kappa shape index (κ3) is 6.78. The third-order valence-electron chi connectivity index (χ3n) is 2.25. The zero-order valence-electron chi connectivity index (χ0n) is 11.2. The molecule has 1 heterocycles. The van der Waals surface area contributed by atoms with Gasteiger partial charge in [0.1, 0.15) is 0 Å². The van der Waals surface area contributed by atoms with Crippen LogP contribution in [-0.2, 0) is 16.1 Å². The predicted octanol–water partition coefficient (Wildman–Crippen LogP) is 2.67. The summed E-state index contributed by atoms with van der Waals surface area (Å²) < 4.78 is 11.0. The van der Waals surface area contributed by atoms with Crippen LogP contribution in [0.2, 0.25) is 0 Å². The lowest BCUT2D eigenvalue weighted by atomic mass is 10.1. The third-order valence-corrected chi connectivity index (χ3v) is 3.10. The van der Waals surface area contributed by atoms with Gasteiger partial charge in [0, 0.05) is 24.1 Å². The van der Waals surface area contributed by atoms with Gasteiger partial charge < -0.3 is 14.8 Å². The van der Waals surface area contributed by atoms with Crippen LogP contribution in [0, 0.1) is 0 Å². The molecule has 0 spiro atoms. The normalized spacial score (nSPS) is 13.9. The van der Waals surface area contributed by atoms with E-state index in [0.717, 1.165) is 6.54 Å². The lowest BCUT2D eigenvalue weighted by Gasteiger charge is -2.25. The summed E-state index contributed by atoms with van der Waals surface area (Å²) in [5.74, 6) is 0. The van der Waals surface area contributed by atoms with E-state index in [1.807, 2.05) is 6.07 Å². The van der Waals surface area contributed by atoms with Crippen LogP contribution in [0.15, 0.2) is 17.5 Å². The standard InChI is InChI=1S/C13H23NO2S/c1-13(2,3)14-8-11(9-15-4)16-10-12-6-5-7-17-12/h5-7,11,14H,8-10H2,1-4H3. The summed E-state index contributed by atoms with van der Waals surface area (Å²) in [4.78, 5) is 1.25. The fraction of sp³-hybridized carbons (Fsp3) is 0.692. The van der Waals surface area contributed by atoms with E-state index >= 15 is 0 Å². The highest BCUT2D eigenvalue weighted by atomic mass is 32.1. The lowest BCUT2D eigenvalue weighted by Crippen LogP contribution is -2.43. The molecule has 4 heteroatoms. The van der Waals surface area contributed by atoms with Crippen molar-refractivity contribution in [3.63, 3.8) is 0 Å². The molecule has 0 fully saturated rings. The number of ether oxygens (including phenoxy) is 2. The van der Waals surface area contributed by atoms with Gasteiger partial charge in [0.2, 0.25) is 0 Å². The molecule has 17 heavy (non-hydrogen) atoms. The second-order valence-corrected chi connectivity index (χ2v) is 6.13. The van der Waals surface area contributed by atoms with Gasteiger partial charge in [0.05, 0.1) is 19.3 Å². The first-order chi connectivity index (χ1) is 8.01. The largest absolute Gasteiger partial charge is 0.382 e. The predicted molar refractivity (Wildman–Crippen MR) is 72.5 cm³/mol. The fourth-order valence-electron chi connectivity index (χ4n) is 1.37. The summed E-state index contributed by atoms with van der Waals surface area (Å²) in [6.45, 7) is 8.54. The van der Waals surface area contributed by atoms with Gasteiger partial charge in [-0.15, -0.1) is 11.3 Å². The van der Waals surface area contributed by atoms with Crippen LogP contribution >= 0.6 is 11.3 Å². The molecule has 0 saturated carbocycles. The van der Waals surface area contributed by atoms with Crippen LogP contribution in [0.25, 0.3) is 0 Å². The van der Waals surface area contributed by atoms with E-state index < -0.39 is 0 Å². The molecule has 1 atom stereocenters. The number of hydrogen-bond acceptors (Lipinski definition) is 4. The number of rotatable bonds is 7. The number of thiophene rings is 1. The fourth-order valence-corrected chi connectivity index (χ4v) is 1.99. The molecule has 0 radical (unpaired) electrons. The summed E-state index contributed by atoms with van der Waals surface area (Å²) in [5, 5.41) is 5.50. The Balaban J connectivity index is 2.32. The van der Waals surface area contributed by atoms with E-state index in [9.17, 15) is 0 Å². The van der Waals surface area contributed by atoms with Gasteiger partial charge in [-0.3, -0.25) is 0 Å². The van der Waals surface area contributed by atoms with E-state index in [1.54, 1.807) is 18.4 Å². The van der Waals surface area contributed by atoms with Crippen molar-refractivity contribution in [2.45, 2.75) is 39.0 Å². The van der Waals surface area contributed by atoms with Gasteiger partial charge in [-0.25, -0.2) is 0 Å². The summed E-state index contributed by atoms with van der Waals surface area (Å²) in [6.07, 6.45) is 0.0984. The smallest absolute Gasteiger partial charge is 0.0937 e. The van der Waals surface area contributed by atoms with Crippen molar-refractivity contribution < 1.29 is 9.47 Å². The molecule has 0 aliphatic carbocycles. The van der Waals surface area contributed by atoms with Crippen molar-refractivity contribution in [3.8, 4) is 0 Å². The number of hydrogen-bond donors (Lipinski definition) is 1. The molecule has 3 nitrogen and oxygen atoms in total. The van der Waals surface area contributed by atoms with Gasteiger partial charge in [0.15, 0.2) is 0 Å². The second-order valence-electron chi connectivity index (χ2n) is 5.10. The van der Waals surface area contributed by atoms with E-state index in [4.69, 9.17) is 9.47 Å². The lowest BCUT2D eigenvalue weighted by molar-refractivity contribution is -0.0118. The van der Waals surface area contributed by atoms with Crippen LogP contribution in [0.1, 0.15) is 25.6 Å². The Kier molecular flexibility index (Phi) is 6.12. The molecule has 0 aliphatic heterocycles. The van der Waals surface area contributed by atoms with E-state index in [0.29, 0.717) is 13.2 Å². The minimum Gasteiger partial charge on any atom is -0.382 e. The molecule has 0 aromatic carbocycles. The molecule has 98 valence electrons. The first-order valence-corrected chi connectivity index (χ1v) is 6.77. The maximum Gasteiger partial charge on any atom is 0.0937 e. The van der Waals surface area contributed by atoms with Crippen LogP contribution < -0.4 is 5.32 Å². The molecule has 0 bridgehead atoms. The molecule has 0 aliphatic rings. The average molecular weight is 257 g/mol. The first-order valence-electron chi connectivity index (χ1n) is 5.89. The molecule has 1 rings (SSSR count). The van der Waals surface area contributed by atoms with Crippen molar-refractivity contribution in [1.82, 2.24) is 5.32 Å². The van der Waals surface area contributed by atoms with Crippen LogP contribution in [-0.4, -0.2) is 31.9 Å². The summed E-state index contributed by atoms with van der Waals surface area (Å²) in [5.41, 5.74) is 0.109. The maximum atomic E-state index is 5.85. The van der Waals surface area contributed by atoms with Gasteiger partial charge in [0.25, 0.3) is 0 Å². The Hall–Kier alpha value is -0.420. The summed E-state index contributed by atoms with van der Waals surface area (Å²) >= 11 is 1.72. The minimum absolute atomic E-state index is 0.0984. The first kappa shape index (κ1) is 14.6. The molecule has 0 saturated heterocycles. The molecular formula is C13H23NO2S. The molecular weight excluding hydrogens is 234 g/mol. The quantitative estimate of drug-likeness (QED) is 0.814. The molecule has 1 aromatic heterocycles. The van der Waals surface area contributed by atoms with Gasteiger partial charge in [-0.05, 0) is 32.2 Å². The monoisotopic (exact) mass is 257 g/mol. The highest BCUT2D eigenvalue weighted by Crippen LogP contribution is 2.11. The van der Waals surface area contributed by atoms with E-state index in [1.165, 1.54) is 4.88 Å². The molecule has 1 unspecified atom stereocenters. The van der Waals surface area contributed by atoms with Crippen LogP contribution in [0.3, 0.4) is 0 Å². The zero-order chi connectivity index (χ0) is 12.7. The number of nitrogens with one attached hydrogen (secondary N) is 1. The Morgan fingerprint density at radius 3 is 2.71 bits per heavy atom. The minimum atomic E-state index is 0.0984. The van der Waals surface area contributed by atoms with Crippen molar-refractivity contribution in [1.29, 1.82) is 0 Å². The van der Waals surface area contributed by atoms with Crippen molar-refractivity contribution >= 4 is 11.3 Å². The molecule has 1 aromatic rings. The second kappa shape index (κ2) is 7.11. The Morgan fingerprint density at radius 1 is 1.41 bits per heavy atom. The van der Waals surface area contributed by atoms with Crippen molar-refractivity contribution in [2.75, 3.05) is 20.3 Å². The summed E-state index contributed by atoms with van der Waals surface area (Å²) in [7, 11) is 1.71.